The Morgan fingerprint density at radius 3 is 2.70 bits per heavy atom. The molecule has 0 unspecified atom stereocenters. The van der Waals surface area contributed by atoms with E-state index in [0.717, 1.165) is 27.9 Å². The molecule has 0 aliphatic heterocycles. The first-order valence-electron chi connectivity index (χ1n) is 7.46. The second-order valence-corrected chi connectivity index (χ2v) is 5.87. The van der Waals surface area contributed by atoms with Crippen LogP contribution < -0.4 is 10.1 Å². The maximum atomic E-state index is 12.4. The molecule has 4 nitrogen and oxygen atoms in total. The van der Waals surface area contributed by atoms with Crippen molar-refractivity contribution in [2.75, 3.05) is 19.0 Å². The molecular formula is C18H20BrNO3. The monoisotopic (exact) mass is 377 g/mol. The number of para-hydroxylation sites is 1. The molecule has 0 spiro atoms. The van der Waals surface area contributed by atoms with Crippen molar-refractivity contribution >= 4 is 27.5 Å². The molecule has 1 amide bonds. The summed E-state index contributed by atoms with van der Waals surface area (Å²) in [7, 11) is 1.61. The highest BCUT2D eigenvalue weighted by Crippen LogP contribution is 2.24. The van der Waals surface area contributed by atoms with E-state index in [1.54, 1.807) is 25.3 Å². The smallest absolute Gasteiger partial charge is 0.255 e. The number of ether oxygens (including phenoxy) is 2. The lowest BCUT2D eigenvalue weighted by Gasteiger charge is -2.12. The lowest BCUT2D eigenvalue weighted by atomic mass is 10.1. The van der Waals surface area contributed by atoms with Gasteiger partial charge in [-0.05, 0) is 52.7 Å². The average Bonchev–Trinajstić information content (AvgIpc) is 2.57. The van der Waals surface area contributed by atoms with Crippen LogP contribution in [0, 0.1) is 0 Å². The minimum absolute atomic E-state index is 0.170. The number of carbonyl (C=O) groups excluding carboxylic acids is 1. The third-order valence-corrected chi connectivity index (χ3v) is 3.96. The number of rotatable bonds is 7. The molecule has 0 atom stereocenters. The highest BCUT2D eigenvalue weighted by molar-refractivity contribution is 9.10. The van der Waals surface area contributed by atoms with Crippen LogP contribution in [-0.2, 0) is 11.3 Å². The lowest BCUT2D eigenvalue weighted by molar-refractivity contribution is 0.102. The molecule has 0 bridgehead atoms. The highest BCUT2D eigenvalue weighted by Gasteiger charge is 2.12. The van der Waals surface area contributed by atoms with Crippen molar-refractivity contribution in [2.45, 2.75) is 20.0 Å². The second-order valence-electron chi connectivity index (χ2n) is 5.01. The van der Waals surface area contributed by atoms with Crippen LogP contribution in [0.5, 0.6) is 5.75 Å². The summed E-state index contributed by atoms with van der Waals surface area (Å²) in [4.78, 5) is 12.4. The van der Waals surface area contributed by atoms with E-state index in [-0.39, 0.29) is 5.91 Å². The molecule has 0 saturated heterocycles. The van der Waals surface area contributed by atoms with Gasteiger partial charge in [0.25, 0.3) is 5.91 Å². The van der Waals surface area contributed by atoms with E-state index in [1.165, 1.54) is 0 Å². The average molecular weight is 378 g/mol. The molecule has 0 aliphatic rings. The van der Waals surface area contributed by atoms with Gasteiger partial charge in [0.2, 0.25) is 0 Å². The zero-order chi connectivity index (χ0) is 16.7. The predicted molar refractivity (Wildman–Crippen MR) is 95.0 cm³/mol. The minimum atomic E-state index is -0.170. The van der Waals surface area contributed by atoms with E-state index in [2.05, 4.69) is 28.2 Å². The van der Waals surface area contributed by atoms with Gasteiger partial charge < -0.3 is 14.8 Å². The summed E-state index contributed by atoms with van der Waals surface area (Å²) >= 11 is 3.42. The highest BCUT2D eigenvalue weighted by atomic mass is 79.9. The predicted octanol–water partition coefficient (Wildman–Crippen LogP) is 4.64. The van der Waals surface area contributed by atoms with Crippen molar-refractivity contribution in [1.29, 1.82) is 0 Å². The Balaban J connectivity index is 2.16. The topological polar surface area (TPSA) is 47.6 Å². The van der Waals surface area contributed by atoms with Gasteiger partial charge in [0.1, 0.15) is 5.75 Å². The number of nitrogens with one attached hydrogen (secondary N) is 1. The number of halogens is 1. The van der Waals surface area contributed by atoms with E-state index in [9.17, 15) is 4.79 Å². The minimum Gasteiger partial charge on any atom is -0.496 e. The molecule has 0 fully saturated rings. The first kappa shape index (κ1) is 17.5. The van der Waals surface area contributed by atoms with Crippen LogP contribution in [0.1, 0.15) is 29.3 Å². The molecule has 0 aromatic heterocycles. The molecule has 0 aliphatic carbocycles. The second kappa shape index (κ2) is 8.70. The summed E-state index contributed by atoms with van der Waals surface area (Å²) in [6.07, 6.45) is 0.949. The summed E-state index contributed by atoms with van der Waals surface area (Å²) in [5, 5.41) is 2.89. The fourth-order valence-corrected chi connectivity index (χ4v) is 2.50. The maximum Gasteiger partial charge on any atom is 0.255 e. The van der Waals surface area contributed by atoms with Crippen LogP contribution in [0.25, 0.3) is 0 Å². The summed E-state index contributed by atoms with van der Waals surface area (Å²) in [6, 6.07) is 12.8. The molecule has 2 aromatic carbocycles. The Labute approximate surface area is 144 Å². The standard InChI is InChI=1S/C18H20BrNO3/c1-3-10-23-12-14-11-13(8-9-17(14)22-2)18(21)20-16-7-5-4-6-15(16)19/h4-9,11H,3,10,12H2,1-2H3,(H,20,21). The van der Waals surface area contributed by atoms with Crippen LogP contribution in [-0.4, -0.2) is 19.6 Å². The molecular weight excluding hydrogens is 358 g/mol. The zero-order valence-corrected chi connectivity index (χ0v) is 14.9. The van der Waals surface area contributed by atoms with Gasteiger partial charge in [-0.25, -0.2) is 0 Å². The summed E-state index contributed by atoms with van der Waals surface area (Å²) in [5.74, 6) is 0.551. The first-order chi connectivity index (χ1) is 11.2. The number of hydrogen-bond donors (Lipinski definition) is 1. The molecule has 122 valence electrons. The molecule has 1 N–H and O–H groups in total. The van der Waals surface area contributed by atoms with Gasteiger partial charge in [-0.3, -0.25) is 4.79 Å². The van der Waals surface area contributed by atoms with E-state index < -0.39 is 0 Å². The molecule has 0 saturated carbocycles. The summed E-state index contributed by atoms with van der Waals surface area (Å²) in [5.41, 5.74) is 2.16. The van der Waals surface area contributed by atoms with Crippen molar-refractivity contribution in [3.05, 3.63) is 58.1 Å². The molecule has 2 rings (SSSR count). The van der Waals surface area contributed by atoms with Crippen LogP contribution in [0.4, 0.5) is 5.69 Å². The van der Waals surface area contributed by atoms with E-state index in [4.69, 9.17) is 9.47 Å². The normalized spacial score (nSPS) is 10.4. The quantitative estimate of drug-likeness (QED) is 0.715. The number of carbonyl (C=O) groups is 1. The number of benzene rings is 2. The fraction of sp³-hybridized carbons (Fsp3) is 0.278. The third-order valence-electron chi connectivity index (χ3n) is 3.27. The van der Waals surface area contributed by atoms with Gasteiger partial charge in [-0.2, -0.15) is 0 Å². The Kier molecular flexibility index (Phi) is 6.62. The Hall–Kier alpha value is -1.85. The SMILES string of the molecule is CCCOCc1cc(C(=O)Nc2ccccc2Br)ccc1OC. The summed E-state index contributed by atoms with van der Waals surface area (Å²) < 4.78 is 11.7. The van der Waals surface area contributed by atoms with Gasteiger partial charge in [-0.15, -0.1) is 0 Å². The molecule has 23 heavy (non-hydrogen) atoms. The van der Waals surface area contributed by atoms with Gasteiger partial charge in [0.15, 0.2) is 0 Å². The molecule has 5 heteroatoms. The number of hydrogen-bond acceptors (Lipinski definition) is 3. The van der Waals surface area contributed by atoms with E-state index in [1.807, 2.05) is 24.3 Å². The van der Waals surface area contributed by atoms with Crippen molar-refractivity contribution < 1.29 is 14.3 Å². The van der Waals surface area contributed by atoms with Crippen molar-refractivity contribution in [2.24, 2.45) is 0 Å². The van der Waals surface area contributed by atoms with Crippen molar-refractivity contribution in [3.63, 3.8) is 0 Å². The Bertz CT molecular complexity index is 673. The first-order valence-corrected chi connectivity index (χ1v) is 8.25. The van der Waals surface area contributed by atoms with Gasteiger partial charge in [0, 0.05) is 22.2 Å². The van der Waals surface area contributed by atoms with Gasteiger partial charge in [0.05, 0.1) is 19.4 Å². The number of anilines is 1. The fourth-order valence-electron chi connectivity index (χ4n) is 2.12. The maximum absolute atomic E-state index is 12.4. The van der Waals surface area contributed by atoms with Crippen LogP contribution in [0.3, 0.4) is 0 Å². The van der Waals surface area contributed by atoms with Crippen LogP contribution in [0.2, 0.25) is 0 Å². The van der Waals surface area contributed by atoms with Crippen molar-refractivity contribution in [1.82, 2.24) is 0 Å². The van der Waals surface area contributed by atoms with Gasteiger partial charge >= 0.3 is 0 Å². The Morgan fingerprint density at radius 1 is 1.22 bits per heavy atom. The van der Waals surface area contributed by atoms with E-state index >= 15 is 0 Å². The molecule has 0 radical (unpaired) electrons. The Morgan fingerprint density at radius 2 is 2.00 bits per heavy atom. The third kappa shape index (κ3) is 4.81. The zero-order valence-electron chi connectivity index (χ0n) is 13.3. The van der Waals surface area contributed by atoms with Crippen LogP contribution in [0.15, 0.2) is 46.9 Å². The van der Waals surface area contributed by atoms with E-state index in [0.29, 0.717) is 18.8 Å². The molecule has 0 heterocycles. The largest absolute Gasteiger partial charge is 0.496 e. The summed E-state index contributed by atoms with van der Waals surface area (Å²) in [6.45, 7) is 3.16. The number of amides is 1. The van der Waals surface area contributed by atoms with Crippen molar-refractivity contribution in [3.8, 4) is 5.75 Å². The lowest BCUT2D eigenvalue weighted by Crippen LogP contribution is -2.13. The van der Waals surface area contributed by atoms with Crippen LogP contribution >= 0.6 is 15.9 Å². The number of methoxy groups -OCH3 is 1. The molecule has 2 aromatic rings. The van der Waals surface area contributed by atoms with Gasteiger partial charge in [-0.1, -0.05) is 19.1 Å².